The molecule has 1 fully saturated rings. The maximum Gasteiger partial charge on any atom is 0.225 e. The second-order valence-electron chi connectivity index (χ2n) is 6.51. The van der Waals surface area contributed by atoms with Crippen molar-refractivity contribution in [2.45, 2.75) is 19.4 Å². The van der Waals surface area contributed by atoms with Crippen molar-refractivity contribution in [1.82, 2.24) is 30.0 Å². The molecule has 1 saturated heterocycles. The molecular weight excluding hydrogens is 346 g/mol. The first-order valence-corrected chi connectivity index (χ1v) is 8.93. The summed E-state index contributed by atoms with van der Waals surface area (Å²) < 4.78 is 6.93. The summed E-state index contributed by atoms with van der Waals surface area (Å²) in [5.41, 5.74) is 0.735. The van der Waals surface area contributed by atoms with Gasteiger partial charge in [0.1, 0.15) is 17.8 Å². The van der Waals surface area contributed by atoms with Crippen LogP contribution >= 0.6 is 0 Å². The van der Waals surface area contributed by atoms with E-state index in [0.717, 1.165) is 37.4 Å². The molecule has 4 rings (SSSR count). The molecule has 0 aromatic carbocycles. The summed E-state index contributed by atoms with van der Waals surface area (Å²) in [6, 6.07) is 5.49. The third kappa shape index (κ3) is 3.81. The van der Waals surface area contributed by atoms with Gasteiger partial charge >= 0.3 is 0 Å². The summed E-state index contributed by atoms with van der Waals surface area (Å²) in [6.07, 6.45) is 6.37. The Bertz CT molecular complexity index is 898. The van der Waals surface area contributed by atoms with E-state index in [2.05, 4.69) is 30.3 Å². The number of anilines is 1. The van der Waals surface area contributed by atoms with Gasteiger partial charge < -0.3 is 14.6 Å². The molecule has 1 aliphatic rings. The summed E-state index contributed by atoms with van der Waals surface area (Å²) in [5, 5.41) is 7.02. The Labute approximate surface area is 156 Å². The standard InChI is InChI=1S/C18H21N7O2/c1-24-16(21-12-22-24)15-4-7-19-18(23-15)25-8-5-13(6-9-25)17(26)20-11-14-3-2-10-27-14/h2-4,7,10,12-13H,5-6,8-9,11H2,1H3,(H,20,26). The SMILES string of the molecule is Cn1ncnc1-c1ccnc(N2CCC(C(=O)NCc3ccco3)CC2)n1. The minimum Gasteiger partial charge on any atom is -0.467 e. The number of piperidine rings is 1. The zero-order valence-electron chi connectivity index (χ0n) is 15.1. The molecule has 0 bridgehead atoms. The first kappa shape index (κ1) is 17.2. The van der Waals surface area contributed by atoms with Gasteiger partial charge in [0.05, 0.1) is 12.8 Å². The van der Waals surface area contributed by atoms with Gasteiger partial charge in [0.15, 0.2) is 5.82 Å². The van der Waals surface area contributed by atoms with Crippen molar-refractivity contribution in [2.75, 3.05) is 18.0 Å². The first-order valence-electron chi connectivity index (χ1n) is 8.93. The maximum atomic E-state index is 12.4. The predicted molar refractivity (Wildman–Crippen MR) is 97.5 cm³/mol. The smallest absolute Gasteiger partial charge is 0.225 e. The minimum absolute atomic E-state index is 0.00173. The Balaban J connectivity index is 1.35. The Morgan fingerprint density at radius 2 is 2.15 bits per heavy atom. The van der Waals surface area contributed by atoms with Crippen molar-refractivity contribution in [1.29, 1.82) is 0 Å². The topological polar surface area (TPSA) is 102 Å². The summed E-state index contributed by atoms with van der Waals surface area (Å²) >= 11 is 0. The Morgan fingerprint density at radius 3 is 2.85 bits per heavy atom. The van der Waals surface area contributed by atoms with Gasteiger partial charge in [0.25, 0.3) is 0 Å². The molecule has 3 aromatic heterocycles. The quantitative estimate of drug-likeness (QED) is 0.727. The first-order chi connectivity index (χ1) is 13.2. The lowest BCUT2D eigenvalue weighted by Gasteiger charge is -2.31. The van der Waals surface area contributed by atoms with Crippen LogP contribution in [-0.2, 0) is 18.4 Å². The van der Waals surface area contributed by atoms with Gasteiger partial charge in [0, 0.05) is 32.3 Å². The van der Waals surface area contributed by atoms with Crippen LogP contribution in [0.5, 0.6) is 0 Å². The molecule has 0 atom stereocenters. The lowest BCUT2D eigenvalue weighted by atomic mass is 9.96. The van der Waals surface area contributed by atoms with Gasteiger partial charge in [0.2, 0.25) is 11.9 Å². The fourth-order valence-corrected chi connectivity index (χ4v) is 3.23. The second-order valence-corrected chi connectivity index (χ2v) is 6.51. The average Bonchev–Trinajstić information content (AvgIpc) is 3.38. The van der Waals surface area contributed by atoms with Gasteiger partial charge in [-0.2, -0.15) is 5.10 Å². The highest BCUT2D eigenvalue weighted by molar-refractivity contribution is 5.78. The number of furan rings is 1. The highest BCUT2D eigenvalue weighted by atomic mass is 16.3. The number of rotatable bonds is 5. The summed E-state index contributed by atoms with van der Waals surface area (Å²) in [7, 11) is 1.83. The van der Waals surface area contributed by atoms with Crippen molar-refractivity contribution >= 4 is 11.9 Å². The van der Waals surface area contributed by atoms with E-state index in [1.54, 1.807) is 17.1 Å². The highest BCUT2D eigenvalue weighted by Gasteiger charge is 2.26. The summed E-state index contributed by atoms with van der Waals surface area (Å²) in [6.45, 7) is 1.90. The van der Waals surface area contributed by atoms with Crippen molar-refractivity contribution in [3.05, 3.63) is 42.7 Å². The van der Waals surface area contributed by atoms with Gasteiger partial charge in [-0.15, -0.1) is 0 Å². The Kier molecular flexibility index (Phi) is 4.82. The molecule has 0 unspecified atom stereocenters. The molecule has 0 spiro atoms. The van der Waals surface area contributed by atoms with Gasteiger partial charge in [-0.1, -0.05) is 0 Å². The van der Waals surface area contributed by atoms with Gasteiger partial charge in [-0.25, -0.2) is 19.6 Å². The number of aryl methyl sites for hydroxylation is 1. The van der Waals surface area contributed by atoms with E-state index in [1.165, 1.54) is 6.33 Å². The van der Waals surface area contributed by atoms with Crippen LogP contribution in [0.15, 0.2) is 41.4 Å². The fourth-order valence-electron chi connectivity index (χ4n) is 3.23. The third-order valence-corrected chi connectivity index (χ3v) is 4.75. The zero-order valence-corrected chi connectivity index (χ0v) is 15.1. The van der Waals surface area contributed by atoms with Gasteiger partial charge in [-0.3, -0.25) is 4.79 Å². The number of amides is 1. The highest BCUT2D eigenvalue weighted by Crippen LogP contribution is 2.22. The molecule has 1 N–H and O–H groups in total. The van der Waals surface area contributed by atoms with Crippen LogP contribution in [0.3, 0.4) is 0 Å². The van der Waals surface area contributed by atoms with E-state index >= 15 is 0 Å². The van der Waals surface area contributed by atoms with Crippen LogP contribution in [0.1, 0.15) is 18.6 Å². The number of nitrogens with zero attached hydrogens (tertiary/aromatic N) is 6. The van der Waals surface area contributed by atoms with E-state index in [-0.39, 0.29) is 11.8 Å². The number of carbonyl (C=O) groups is 1. The number of carbonyl (C=O) groups excluding carboxylic acids is 1. The third-order valence-electron chi connectivity index (χ3n) is 4.75. The van der Waals surface area contributed by atoms with E-state index in [9.17, 15) is 4.79 Å². The molecule has 0 saturated carbocycles. The molecule has 0 aliphatic carbocycles. The van der Waals surface area contributed by atoms with E-state index in [4.69, 9.17) is 4.42 Å². The molecule has 9 nitrogen and oxygen atoms in total. The predicted octanol–water partition coefficient (Wildman–Crippen LogP) is 1.40. The Morgan fingerprint density at radius 1 is 1.30 bits per heavy atom. The van der Waals surface area contributed by atoms with E-state index in [1.807, 2.05) is 25.2 Å². The van der Waals surface area contributed by atoms with Crippen LogP contribution in [0.2, 0.25) is 0 Å². The van der Waals surface area contributed by atoms with Gasteiger partial charge in [-0.05, 0) is 31.0 Å². The molecule has 0 radical (unpaired) electrons. The molecule has 140 valence electrons. The molecule has 3 aromatic rings. The number of hydrogen-bond donors (Lipinski definition) is 1. The molecular formula is C18H21N7O2. The average molecular weight is 367 g/mol. The van der Waals surface area contributed by atoms with Crippen LogP contribution < -0.4 is 10.2 Å². The monoisotopic (exact) mass is 367 g/mol. The van der Waals surface area contributed by atoms with Crippen LogP contribution in [0.25, 0.3) is 11.5 Å². The minimum atomic E-state index is -0.00173. The molecule has 4 heterocycles. The van der Waals surface area contributed by atoms with E-state index in [0.29, 0.717) is 18.3 Å². The van der Waals surface area contributed by atoms with Crippen molar-refractivity contribution < 1.29 is 9.21 Å². The molecule has 27 heavy (non-hydrogen) atoms. The van der Waals surface area contributed by atoms with Crippen molar-refractivity contribution in [3.63, 3.8) is 0 Å². The molecule has 1 amide bonds. The Hall–Kier alpha value is -3.23. The van der Waals surface area contributed by atoms with Crippen LogP contribution in [0, 0.1) is 5.92 Å². The molecule has 9 heteroatoms. The van der Waals surface area contributed by atoms with Crippen molar-refractivity contribution in [3.8, 4) is 11.5 Å². The van der Waals surface area contributed by atoms with Crippen LogP contribution in [0.4, 0.5) is 5.95 Å². The largest absolute Gasteiger partial charge is 0.467 e. The number of aromatic nitrogens is 5. The van der Waals surface area contributed by atoms with Crippen LogP contribution in [-0.4, -0.2) is 43.7 Å². The van der Waals surface area contributed by atoms with Crippen molar-refractivity contribution in [2.24, 2.45) is 13.0 Å². The second kappa shape index (κ2) is 7.56. The maximum absolute atomic E-state index is 12.4. The fraction of sp³-hybridized carbons (Fsp3) is 0.389. The number of nitrogens with one attached hydrogen (secondary N) is 1. The zero-order chi connectivity index (χ0) is 18.6. The normalized spacial score (nSPS) is 15.1. The number of hydrogen-bond acceptors (Lipinski definition) is 7. The molecule has 1 aliphatic heterocycles. The lowest BCUT2D eigenvalue weighted by Crippen LogP contribution is -2.41. The van der Waals surface area contributed by atoms with E-state index < -0.39 is 0 Å². The summed E-state index contributed by atoms with van der Waals surface area (Å²) in [4.78, 5) is 27.7. The summed E-state index contributed by atoms with van der Waals surface area (Å²) in [5.74, 6) is 2.18. The lowest BCUT2D eigenvalue weighted by molar-refractivity contribution is -0.125.